The number of ether oxygens (including phenoxy) is 6. The van der Waals surface area contributed by atoms with Gasteiger partial charge < -0.3 is 54.0 Å². The number of unbranched alkanes of at least 4 members (excludes halogenated alkanes) is 10. The lowest BCUT2D eigenvalue weighted by Crippen LogP contribution is -2.63. The standard InChI is InChI=1S/C38H68O15/c1-5-9-13-14-18-22-32(45)53-37-36(52-31(44)21-17-12-8-4)35(51-30(43)20-16-11-7-3)28(25-48-29(42)19-15-10-6-2)50-38(37)49-24-27(41)34(47)33(46)26(40)23-39/h26-28,33-41,46-47H,5-25H2,1-4H3/t26-,27-,28-,33-,34-,35-,36+,37+,38+/m1/s1. The van der Waals surface area contributed by atoms with E-state index in [0.29, 0.717) is 25.7 Å². The molecule has 0 radical (unpaired) electrons. The van der Waals surface area contributed by atoms with Gasteiger partial charge in [0.15, 0.2) is 24.6 Å². The van der Waals surface area contributed by atoms with Gasteiger partial charge in [0.1, 0.15) is 37.1 Å². The van der Waals surface area contributed by atoms with Crippen molar-refractivity contribution in [2.45, 2.75) is 198 Å². The molecule has 15 nitrogen and oxygen atoms in total. The van der Waals surface area contributed by atoms with Crippen LogP contribution in [0, 0.1) is 0 Å². The Balaban J connectivity index is 3.56. The van der Waals surface area contributed by atoms with Crippen molar-refractivity contribution >= 4 is 23.9 Å². The first-order chi connectivity index (χ1) is 25.4. The van der Waals surface area contributed by atoms with Gasteiger partial charge in [0, 0.05) is 25.7 Å². The molecule has 0 aromatic heterocycles. The zero-order chi connectivity index (χ0) is 39.6. The van der Waals surface area contributed by atoms with Crippen molar-refractivity contribution in [2.24, 2.45) is 0 Å². The molecule has 0 aromatic rings. The third-order valence-corrected chi connectivity index (χ3v) is 9.00. The molecule has 1 fully saturated rings. The number of hydrogen-bond acceptors (Lipinski definition) is 15. The highest BCUT2D eigenvalue weighted by molar-refractivity contribution is 5.72. The van der Waals surface area contributed by atoms with Crippen LogP contribution in [0.4, 0.5) is 0 Å². The van der Waals surface area contributed by atoms with Gasteiger partial charge in [-0.1, -0.05) is 91.9 Å². The lowest BCUT2D eigenvalue weighted by molar-refractivity contribution is -0.313. The Morgan fingerprint density at radius 1 is 0.547 bits per heavy atom. The van der Waals surface area contributed by atoms with Gasteiger partial charge in [-0.25, -0.2) is 0 Å². The summed E-state index contributed by atoms with van der Waals surface area (Å²) in [5.74, 6) is -2.50. The van der Waals surface area contributed by atoms with E-state index in [-0.39, 0.29) is 25.7 Å². The number of rotatable bonds is 30. The molecule has 0 spiro atoms. The molecule has 5 N–H and O–H groups in total. The van der Waals surface area contributed by atoms with Crippen molar-refractivity contribution < 1.29 is 73.1 Å². The van der Waals surface area contributed by atoms with Gasteiger partial charge >= 0.3 is 23.9 Å². The monoisotopic (exact) mass is 764 g/mol. The third kappa shape index (κ3) is 19.7. The van der Waals surface area contributed by atoms with Crippen LogP contribution in [-0.4, -0.2) is 124 Å². The molecule has 1 aliphatic rings. The highest BCUT2D eigenvalue weighted by Gasteiger charge is 2.53. The first kappa shape index (κ1) is 48.6. The Hall–Kier alpha value is -2.40. The lowest BCUT2D eigenvalue weighted by Gasteiger charge is -2.44. The number of hydrogen-bond donors (Lipinski definition) is 5. The quantitative estimate of drug-likeness (QED) is 0.0401. The molecule has 0 aromatic carbocycles. The fourth-order valence-corrected chi connectivity index (χ4v) is 5.71. The first-order valence-corrected chi connectivity index (χ1v) is 19.8. The van der Waals surface area contributed by atoms with Crippen LogP contribution in [0.25, 0.3) is 0 Å². The van der Waals surface area contributed by atoms with Gasteiger partial charge in [0.05, 0.1) is 13.2 Å². The van der Waals surface area contributed by atoms with Crippen molar-refractivity contribution in [1.29, 1.82) is 0 Å². The van der Waals surface area contributed by atoms with Crippen LogP contribution < -0.4 is 0 Å². The van der Waals surface area contributed by atoms with E-state index in [1.807, 2.05) is 20.8 Å². The Labute approximate surface area is 315 Å². The van der Waals surface area contributed by atoms with Crippen molar-refractivity contribution in [3.8, 4) is 0 Å². The van der Waals surface area contributed by atoms with Crippen LogP contribution in [0.15, 0.2) is 0 Å². The van der Waals surface area contributed by atoms with Gasteiger partial charge in [-0.15, -0.1) is 0 Å². The van der Waals surface area contributed by atoms with Crippen molar-refractivity contribution in [1.82, 2.24) is 0 Å². The SMILES string of the molecule is CCCCCCCC(=O)O[C@@H]1[C@@H](OC[C@@H](O)[C@@H](O)[C@H](O)[C@H](O)CO)O[C@H](COC(=O)CCCCC)[C@@H](OC(=O)CCCCC)[C@@H]1OC(=O)CCCCC. The van der Waals surface area contributed by atoms with E-state index in [0.717, 1.165) is 64.2 Å². The van der Waals surface area contributed by atoms with Crippen LogP contribution in [-0.2, 0) is 47.6 Å². The van der Waals surface area contributed by atoms with E-state index in [2.05, 4.69) is 6.92 Å². The van der Waals surface area contributed by atoms with Crippen LogP contribution in [0.1, 0.15) is 143 Å². The Morgan fingerprint density at radius 3 is 1.47 bits per heavy atom. The minimum Gasteiger partial charge on any atom is -0.463 e. The molecule has 310 valence electrons. The molecule has 1 heterocycles. The van der Waals surface area contributed by atoms with Gasteiger partial charge in [0.2, 0.25) is 0 Å². The Kier molecular flexibility index (Phi) is 26.6. The summed E-state index contributed by atoms with van der Waals surface area (Å²) in [7, 11) is 0. The van der Waals surface area contributed by atoms with Crippen LogP contribution in [0.5, 0.6) is 0 Å². The van der Waals surface area contributed by atoms with E-state index in [1.165, 1.54) is 0 Å². The second-order valence-electron chi connectivity index (χ2n) is 13.8. The molecular formula is C38H68O15. The molecule has 0 aliphatic carbocycles. The van der Waals surface area contributed by atoms with E-state index < -0.39 is 98.8 Å². The van der Waals surface area contributed by atoms with Gasteiger partial charge in [-0.2, -0.15) is 0 Å². The molecule has 9 atom stereocenters. The molecule has 1 aliphatic heterocycles. The Morgan fingerprint density at radius 2 is 0.962 bits per heavy atom. The summed E-state index contributed by atoms with van der Waals surface area (Å²) < 4.78 is 35.2. The van der Waals surface area contributed by atoms with Crippen LogP contribution >= 0.6 is 0 Å². The normalized spacial score (nSPS) is 22.3. The second-order valence-corrected chi connectivity index (χ2v) is 13.8. The minimum absolute atomic E-state index is 0.0109. The van der Waals surface area contributed by atoms with Crippen molar-refractivity contribution in [3.63, 3.8) is 0 Å². The smallest absolute Gasteiger partial charge is 0.306 e. The highest BCUT2D eigenvalue weighted by atomic mass is 16.7. The van der Waals surface area contributed by atoms with Crippen molar-refractivity contribution in [3.05, 3.63) is 0 Å². The van der Waals surface area contributed by atoms with Gasteiger partial charge in [0.25, 0.3) is 0 Å². The maximum Gasteiger partial charge on any atom is 0.306 e. The third-order valence-electron chi connectivity index (χ3n) is 9.00. The van der Waals surface area contributed by atoms with Gasteiger partial charge in [-0.3, -0.25) is 19.2 Å². The summed E-state index contributed by atoms with van der Waals surface area (Å²) in [4.78, 5) is 52.4. The highest BCUT2D eigenvalue weighted by Crippen LogP contribution is 2.31. The minimum atomic E-state index is -1.98. The number of carbonyl (C=O) groups is 4. The van der Waals surface area contributed by atoms with Gasteiger partial charge in [-0.05, 0) is 25.7 Å². The lowest BCUT2D eigenvalue weighted by atomic mass is 9.97. The average Bonchev–Trinajstić information content (AvgIpc) is 3.14. The summed E-state index contributed by atoms with van der Waals surface area (Å²) >= 11 is 0. The van der Waals surface area contributed by atoms with Crippen molar-refractivity contribution in [2.75, 3.05) is 19.8 Å². The molecule has 0 amide bonds. The maximum atomic E-state index is 13.3. The fraction of sp³-hybridized carbons (Fsp3) is 0.895. The molecule has 0 bridgehead atoms. The zero-order valence-electron chi connectivity index (χ0n) is 32.4. The number of aliphatic hydroxyl groups excluding tert-OH is 5. The average molecular weight is 765 g/mol. The summed E-state index contributed by atoms with van der Waals surface area (Å²) in [5, 5.41) is 50.1. The maximum absolute atomic E-state index is 13.3. The molecule has 0 saturated carbocycles. The molecule has 53 heavy (non-hydrogen) atoms. The molecule has 1 rings (SSSR count). The summed E-state index contributed by atoms with van der Waals surface area (Å²) in [6, 6.07) is 0. The van der Waals surface area contributed by atoms with Crippen LogP contribution in [0.3, 0.4) is 0 Å². The first-order valence-electron chi connectivity index (χ1n) is 19.8. The molecular weight excluding hydrogens is 696 g/mol. The summed E-state index contributed by atoms with van der Waals surface area (Å²) in [6.45, 7) is 5.91. The van der Waals surface area contributed by atoms with Crippen LogP contribution in [0.2, 0.25) is 0 Å². The Bertz CT molecular complexity index is 1010. The van der Waals surface area contributed by atoms with E-state index in [1.54, 1.807) is 0 Å². The van der Waals surface area contributed by atoms with E-state index >= 15 is 0 Å². The van der Waals surface area contributed by atoms with E-state index in [4.69, 9.17) is 28.4 Å². The number of aliphatic hydroxyl groups is 5. The largest absolute Gasteiger partial charge is 0.463 e. The predicted molar refractivity (Wildman–Crippen MR) is 192 cm³/mol. The molecule has 15 heteroatoms. The number of carbonyl (C=O) groups excluding carboxylic acids is 4. The topological polar surface area (TPSA) is 225 Å². The predicted octanol–water partition coefficient (Wildman–Crippen LogP) is 3.54. The summed E-state index contributed by atoms with van der Waals surface area (Å²) in [5.41, 5.74) is 0. The number of esters is 4. The second kappa shape index (κ2) is 29.0. The molecule has 1 saturated heterocycles. The molecule has 0 unspecified atom stereocenters. The fourth-order valence-electron chi connectivity index (χ4n) is 5.71. The van der Waals surface area contributed by atoms with E-state index in [9.17, 15) is 44.7 Å². The summed E-state index contributed by atoms with van der Waals surface area (Å²) in [6.07, 6.45) is -3.94. The zero-order valence-corrected chi connectivity index (χ0v) is 32.4.